The Balaban J connectivity index is 0.806. The highest BCUT2D eigenvalue weighted by Gasteiger charge is 2.42. The van der Waals surface area contributed by atoms with Gasteiger partial charge in [0.25, 0.3) is 5.91 Å². The van der Waals surface area contributed by atoms with E-state index >= 15 is 8.78 Å². The third-order valence-corrected chi connectivity index (χ3v) is 16.6. The fourth-order valence-corrected chi connectivity index (χ4v) is 12.9. The van der Waals surface area contributed by atoms with Gasteiger partial charge in [-0.05, 0) is 117 Å². The molecule has 7 aliphatic heterocycles. The molecule has 5 saturated heterocycles. The molecule has 6 unspecified atom stereocenters. The molecule has 0 radical (unpaired) electrons. The summed E-state index contributed by atoms with van der Waals surface area (Å²) in [5, 5.41) is 30.4. The number of rotatable bonds is 13. The van der Waals surface area contributed by atoms with Gasteiger partial charge in [0.05, 0.1) is 31.3 Å². The first-order valence-corrected chi connectivity index (χ1v) is 26.6. The number of halogens is 2. The fraction of sp³-hybridized carbons (Fsp3) is 0.491. The van der Waals surface area contributed by atoms with E-state index in [-0.39, 0.29) is 105 Å². The van der Waals surface area contributed by atoms with Crippen LogP contribution < -0.4 is 41.1 Å². The second kappa shape index (κ2) is 21.0. The number of benzene rings is 3. The summed E-state index contributed by atoms with van der Waals surface area (Å²) in [4.78, 5) is 69.3. The number of aromatic hydroxyl groups is 1. The Bertz CT molecular complexity index is 3230. The van der Waals surface area contributed by atoms with Crippen LogP contribution in [0.2, 0.25) is 0 Å². The number of ether oxygens (including phenoxy) is 2. The Morgan fingerprint density at radius 1 is 0.974 bits per heavy atom. The number of methoxy groups -OCH3 is 1. The minimum Gasteiger partial charge on any atom is -0.508 e. The van der Waals surface area contributed by atoms with Crippen LogP contribution in [0.5, 0.6) is 11.8 Å². The zero-order valence-corrected chi connectivity index (χ0v) is 42.7. The summed E-state index contributed by atoms with van der Waals surface area (Å²) in [5.41, 5.74) is 2.67. The molecule has 7 aliphatic rings. The lowest BCUT2D eigenvalue weighted by Gasteiger charge is -2.45. The van der Waals surface area contributed by atoms with E-state index in [1.165, 1.54) is 31.4 Å². The zero-order chi connectivity index (χ0) is 52.9. The van der Waals surface area contributed by atoms with Crippen LogP contribution in [0.3, 0.4) is 0 Å². The summed E-state index contributed by atoms with van der Waals surface area (Å²) in [6, 6.07) is 11.5. The summed E-state index contributed by atoms with van der Waals surface area (Å²) >= 11 is 0. The molecule has 1 aromatic heterocycles. The van der Waals surface area contributed by atoms with E-state index in [9.17, 15) is 29.5 Å². The average Bonchev–Trinajstić information content (AvgIpc) is 3.75. The van der Waals surface area contributed by atoms with Gasteiger partial charge in [-0.1, -0.05) is 12.0 Å². The molecular weight excluding hydrogens is 975 g/mol. The van der Waals surface area contributed by atoms with Crippen LogP contribution in [-0.2, 0) is 25.7 Å². The maximum Gasteiger partial charge on any atom is 0.319 e. The molecule has 4 aromatic rings. The van der Waals surface area contributed by atoms with Crippen molar-refractivity contribution in [2.45, 2.75) is 95.4 Å². The van der Waals surface area contributed by atoms with E-state index in [1.54, 1.807) is 11.8 Å². The monoisotopic (exact) mass is 1040 g/mol. The van der Waals surface area contributed by atoms with E-state index in [0.29, 0.717) is 68.2 Å². The van der Waals surface area contributed by atoms with Gasteiger partial charge in [-0.15, -0.1) is 6.42 Å². The topological polar surface area (TPSA) is 206 Å². The minimum absolute atomic E-state index is 0.0116. The fourth-order valence-electron chi connectivity index (χ4n) is 12.9. The number of nitrogens with zero attached hydrogens (tertiary/aromatic N) is 7. The number of nitrogens with one attached hydrogen (secondary N) is 3. The van der Waals surface area contributed by atoms with Crippen LogP contribution in [0.15, 0.2) is 42.5 Å². The Morgan fingerprint density at radius 2 is 1.76 bits per heavy atom. The molecule has 17 nitrogen and oxygen atoms in total. The smallest absolute Gasteiger partial charge is 0.319 e. The minimum atomic E-state index is -1.30. The quantitative estimate of drug-likeness (QED) is 0.110. The van der Waals surface area contributed by atoms with Gasteiger partial charge in [-0.25, -0.2) is 8.78 Å². The number of hydrogen-bond donors (Lipinski definition) is 4. The number of nitriles is 1. The molecule has 19 heteroatoms. The van der Waals surface area contributed by atoms with Gasteiger partial charge in [-0.3, -0.25) is 24.5 Å². The van der Waals surface area contributed by atoms with Crippen LogP contribution in [0.25, 0.3) is 22.5 Å². The van der Waals surface area contributed by atoms with Crippen LogP contribution in [-0.4, -0.2) is 126 Å². The zero-order valence-electron chi connectivity index (χ0n) is 42.7. The number of ketones is 1. The number of carbonyl (C=O) groups excluding carboxylic acids is 4. The van der Waals surface area contributed by atoms with Crippen LogP contribution >= 0.6 is 0 Å². The lowest BCUT2D eigenvalue weighted by Crippen LogP contribution is -2.62. The number of hydrogen-bond acceptors (Lipinski definition) is 15. The number of phenolic OH excluding ortho intramolecular Hbond substituents is 1. The summed E-state index contributed by atoms with van der Waals surface area (Å²) in [7, 11) is 1.45. The van der Waals surface area contributed by atoms with Crippen molar-refractivity contribution in [3.8, 4) is 30.2 Å². The number of phenols is 1. The molecular formula is C57H62F2N10O7. The van der Waals surface area contributed by atoms with Crippen molar-refractivity contribution >= 4 is 57.5 Å². The van der Waals surface area contributed by atoms with Gasteiger partial charge in [0.1, 0.15) is 45.8 Å². The lowest BCUT2D eigenvalue weighted by molar-refractivity contribution is -0.137. The largest absolute Gasteiger partial charge is 0.508 e. The van der Waals surface area contributed by atoms with Gasteiger partial charge < -0.3 is 44.8 Å². The van der Waals surface area contributed by atoms with Crippen LogP contribution in [0.4, 0.5) is 20.3 Å². The van der Waals surface area contributed by atoms with Gasteiger partial charge in [0, 0.05) is 99.2 Å². The highest BCUT2D eigenvalue weighted by atomic mass is 19.1. The van der Waals surface area contributed by atoms with E-state index in [2.05, 4.69) is 48.7 Å². The molecule has 76 heavy (non-hydrogen) atoms. The normalized spacial score (nSPS) is 25.3. The number of likely N-dealkylation sites (tertiary alicyclic amines) is 1. The molecule has 0 saturated carbocycles. The molecule has 4 N–H and O–H groups in total. The highest BCUT2D eigenvalue weighted by molar-refractivity contribution is 6.05. The summed E-state index contributed by atoms with van der Waals surface area (Å²) < 4.78 is 45.5. The van der Waals surface area contributed by atoms with Crippen molar-refractivity contribution in [1.82, 2.24) is 35.7 Å². The second-order valence-electron chi connectivity index (χ2n) is 21.8. The number of imide groups is 1. The first-order chi connectivity index (χ1) is 36.7. The molecule has 0 aliphatic carbocycles. The Hall–Kier alpha value is -7.35. The average molecular weight is 1040 g/mol. The van der Waals surface area contributed by atoms with E-state index in [4.69, 9.17) is 25.9 Å². The SMILES string of the molecule is C#Cc1c(F)ccc2cc(O)cc(C3NC(OC)=c4c(N5CC6CC(C(=O)CC(C)C#N)CC(C5)N6)nc(OCC5CCCN(CC6CCN(c7ccc8c(c7)CN(C7CCC(=O)NC7=O)C8=O)CC6)C5)nc4=C3F)c12. The van der Waals surface area contributed by atoms with Crippen molar-refractivity contribution in [2.24, 2.45) is 23.7 Å². The summed E-state index contributed by atoms with van der Waals surface area (Å²) in [6.07, 6.45) is 11.6. The maximum atomic E-state index is 17.7. The van der Waals surface area contributed by atoms with Gasteiger partial charge >= 0.3 is 6.01 Å². The third kappa shape index (κ3) is 9.86. The number of amides is 3. The Kier molecular flexibility index (Phi) is 14.0. The lowest BCUT2D eigenvalue weighted by atomic mass is 9.80. The molecule has 11 rings (SSSR count). The molecule has 8 heterocycles. The number of piperazine rings is 1. The van der Waals surface area contributed by atoms with Crippen molar-refractivity contribution in [3.05, 3.63) is 81.1 Å². The second-order valence-corrected chi connectivity index (χ2v) is 21.8. The van der Waals surface area contributed by atoms with Crippen molar-refractivity contribution in [2.75, 3.05) is 69.3 Å². The number of terminal acetylenes is 1. The van der Waals surface area contributed by atoms with Crippen molar-refractivity contribution in [3.63, 3.8) is 0 Å². The predicted molar refractivity (Wildman–Crippen MR) is 278 cm³/mol. The van der Waals surface area contributed by atoms with Gasteiger partial charge in [0.2, 0.25) is 17.7 Å². The maximum absolute atomic E-state index is 17.7. The number of carbonyl (C=O) groups is 4. The third-order valence-electron chi connectivity index (χ3n) is 16.6. The molecule has 3 amide bonds. The van der Waals surface area contributed by atoms with Crippen molar-refractivity contribution in [1.29, 1.82) is 5.26 Å². The van der Waals surface area contributed by atoms with E-state index in [1.807, 2.05) is 12.1 Å². The molecule has 0 spiro atoms. The number of Topliss-reactive ketones (excluding diaryl/α,β-unsaturated/α-hetero) is 1. The van der Waals surface area contributed by atoms with E-state index in [0.717, 1.165) is 69.7 Å². The van der Waals surface area contributed by atoms with E-state index < -0.39 is 29.6 Å². The number of anilines is 2. The molecule has 6 atom stereocenters. The molecule has 5 fully saturated rings. The van der Waals surface area contributed by atoms with Crippen LogP contribution in [0.1, 0.15) is 97.8 Å². The standard InChI is InChI=1S/C57H62F2N10O7/c1-4-41-44(58)10-7-34-22-40(70)23-43(48(34)41)51-50(59)52-49(55(63-51)75-3)53(68-28-37-19-35(20-38(29-68)61-37)46(71)18-31(2)24-60)65-57(64-52)76-30-33-6-5-15-66(26-33)25-32-13-16-67(17-14-32)39-8-9-42-36(21-39)27-69(56(42)74)45-11-12-47(72)62-54(45)73/h1,7-10,21-23,31-33,35,37-38,45,51,61,63,70H,5-6,11-20,25-30H2,2-3H3,(H,62,72,73). The van der Waals surface area contributed by atoms with Crippen LogP contribution in [0, 0.1) is 53.2 Å². The highest BCUT2D eigenvalue weighted by Crippen LogP contribution is 2.39. The molecule has 2 bridgehead atoms. The Labute approximate surface area is 439 Å². The van der Waals surface area contributed by atoms with Gasteiger partial charge in [0.15, 0.2) is 5.83 Å². The van der Waals surface area contributed by atoms with Gasteiger partial charge in [-0.2, -0.15) is 15.2 Å². The number of piperidine rings is 4. The number of aromatic nitrogens is 2. The number of fused-ring (bicyclic) bond motifs is 5. The van der Waals surface area contributed by atoms with Crippen molar-refractivity contribution < 1.29 is 42.5 Å². The first kappa shape index (κ1) is 50.8. The first-order valence-electron chi connectivity index (χ1n) is 26.6. The molecule has 3 aromatic carbocycles. The Morgan fingerprint density at radius 3 is 2.50 bits per heavy atom. The summed E-state index contributed by atoms with van der Waals surface area (Å²) in [5.74, 6) is 0.680. The predicted octanol–water partition coefficient (Wildman–Crippen LogP) is 4.03. The summed E-state index contributed by atoms with van der Waals surface area (Å²) in [6.45, 7) is 7.73. The molecule has 396 valence electrons.